The van der Waals surface area contributed by atoms with Crippen LogP contribution < -0.4 is 0 Å². The maximum atomic E-state index is 13.2. The summed E-state index contributed by atoms with van der Waals surface area (Å²) in [7, 11) is -3.65. The van der Waals surface area contributed by atoms with Crippen LogP contribution in [0, 0.1) is 11.7 Å². The fraction of sp³-hybridized carbons (Fsp3) is 0.273. The molecule has 31 heavy (non-hydrogen) atoms. The van der Waals surface area contributed by atoms with E-state index < -0.39 is 15.8 Å². The van der Waals surface area contributed by atoms with Gasteiger partial charge in [-0.2, -0.15) is 9.40 Å². The number of aromatic amines is 1. The van der Waals surface area contributed by atoms with Crippen LogP contribution in [0.1, 0.15) is 13.3 Å². The van der Waals surface area contributed by atoms with Crippen molar-refractivity contribution in [3.63, 3.8) is 0 Å². The highest BCUT2D eigenvalue weighted by molar-refractivity contribution is 7.89. The minimum Gasteiger partial charge on any atom is -0.346 e. The standard InChI is InChI=1S/C22H22FN5O2S/c1-15-10-16(14-28(15)31(29,30)19-4-2-18(23)3-5-19)13-27-9-8-21-22(27)7-6-20(26-21)17-11-24-25-12-17/h2-9,11-12,15-16H,10,13-14H2,1H3,(H,24,25)/t15-,16+/m1/s1. The minimum absolute atomic E-state index is 0.118. The molecule has 1 aliphatic rings. The minimum atomic E-state index is -3.65. The lowest BCUT2D eigenvalue weighted by Gasteiger charge is -2.21. The number of nitrogens with zero attached hydrogens (tertiary/aromatic N) is 4. The Hall–Kier alpha value is -3.04. The van der Waals surface area contributed by atoms with E-state index in [2.05, 4.69) is 14.8 Å². The molecular formula is C22H22FN5O2S. The van der Waals surface area contributed by atoms with Gasteiger partial charge in [0, 0.05) is 37.1 Å². The number of nitrogens with one attached hydrogen (secondary N) is 1. The molecular weight excluding hydrogens is 417 g/mol. The molecule has 0 radical (unpaired) electrons. The first-order valence-electron chi connectivity index (χ1n) is 10.1. The molecule has 0 unspecified atom stereocenters. The SMILES string of the molecule is C[C@@H]1C[C@@H](Cn2ccc3nc(-c4cn[nH]c4)ccc32)CN1S(=O)(=O)c1ccc(F)cc1. The van der Waals surface area contributed by atoms with Crippen molar-refractivity contribution in [1.82, 2.24) is 24.1 Å². The van der Waals surface area contributed by atoms with Crippen molar-refractivity contribution >= 4 is 21.1 Å². The first-order valence-corrected chi connectivity index (χ1v) is 11.6. The predicted molar refractivity (Wildman–Crippen MR) is 115 cm³/mol. The number of hydrogen-bond acceptors (Lipinski definition) is 4. The van der Waals surface area contributed by atoms with Gasteiger partial charge in [-0.3, -0.25) is 5.10 Å². The number of pyridine rings is 1. The fourth-order valence-electron chi connectivity index (χ4n) is 4.38. The van der Waals surface area contributed by atoms with Crippen LogP contribution in [0.25, 0.3) is 22.3 Å². The van der Waals surface area contributed by atoms with Crippen molar-refractivity contribution in [2.75, 3.05) is 6.54 Å². The smallest absolute Gasteiger partial charge is 0.243 e. The number of H-pyrrole nitrogens is 1. The van der Waals surface area contributed by atoms with Gasteiger partial charge in [-0.25, -0.2) is 17.8 Å². The van der Waals surface area contributed by atoms with E-state index in [1.54, 1.807) is 12.4 Å². The lowest BCUT2D eigenvalue weighted by Crippen LogP contribution is -2.34. The van der Waals surface area contributed by atoms with E-state index in [0.717, 1.165) is 28.7 Å². The van der Waals surface area contributed by atoms with Crippen LogP contribution in [0.4, 0.5) is 4.39 Å². The monoisotopic (exact) mass is 439 g/mol. The third-order valence-corrected chi connectivity index (χ3v) is 7.89. The molecule has 0 amide bonds. The van der Waals surface area contributed by atoms with E-state index in [-0.39, 0.29) is 16.9 Å². The number of sulfonamides is 1. The lowest BCUT2D eigenvalue weighted by atomic mass is 10.1. The molecule has 0 bridgehead atoms. The lowest BCUT2D eigenvalue weighted by molar-refractivity contribution is 0.399. The molecule has 1 aromatic carbocycles. The average Bonchev–Trinajstić information content (AvgIpc) is 3.49. The maximum Gasteiger partial charge on any atom is 0.243 e. The number of halogens is 1. The van der Waals surface area contributed by atoms with Gasteiger partial charge in [0.15, 0.2) is 0 Å². The van der Waals surface area contributed by atoms with Gasteiger partial charge in [0.05, 0.1) is 27.8 Å². The van der Waals surface area contributed by atoms with E-state index in [1.807, 2.05) is 31.3 Å². The van der Waals surface area contributed by atoms with E-state index in [1.165, 1.54) is 28.6 Å². The summed E-state index contributed by atoms with van der Waals surface area (Å²) in [5, 5.41) is 6.77. The molecule has 9 heteroatoms. The Balaban J connectivity index is 1.35. The molecule has 2 atom stereocenters. The summed E-state index contributed by atoms with van der Waals surface area (Å²) < 4.78 is 43.0. The summed E-state index contributed by atoms with van der Waals surface area (Å²) >= 11 is 0. The molecule has 3 aromatic heterocycles. The van der Waals surface area contributed by atoms with Crippen molar-refractivity contribution in [2.24, 2.45) is 5.92 Å². The third kappa shape index (κ3) is 3.64. The zero-order valence-corrected chi connectivity index (χ0v) is 17.8. The highest BCUT2D eigenvalue weighted by Gasteiger charge is 2.38. The Morgan fingerprint density at radius 1 is 1.16 bits per heavy atom. The van der Waals surface area contributed by atoms with Gasteiger partial charge in [-0.15, -0.1) is 0 Å². The van der Waals surface area contributed by atoms with Crippen LogP contribution in [-0.2, 0) is 16.6 Å². The Labute approximate surface area is 179 Å². The summed E-state index contributed by atoms with van der Waals surface area (Å²) in [4.78, 5) is 4.84. The highest BCUT2D eigenvalue weighted by atomic mass is 32.2. The van der Waals surface area contributed by atoms with Gasteiger partial charge in [0.2, 0.25) is 10.0 Å². The summed E-state index contributed by atoms with van der Waals surface area (Å²) in [6, 6.07) is 10.9. The summed E-state index contributed by atoms with van der Waals surface area (Å²) in [5.74, 6) is -0.273. The van der Waals surface area contributed by atoms with Gasteiger partial charge in [-0.1, -0.05) is 0 Å². The number of hydrogen-bond donors (Lipinski definition) is 1. The number of benzene rings is 1. The van der Waals surface area contributed by atoms with E-state index >= 15 is 0 Å². The molecule has 4 aromatic rings. The van der Waals surface area contributed by atoms with Crippen molar-refractivity contribution < 1.29 is 12.8 Å². The van der Waals surface area contributed by atoms with Crippen LogP contribution in [0.2, 0.25) is 0 Å². The van der Waals surface area contributed by atoms with Gasteiger partial charge in [0.1, 0.15) is 5.82 Å². The molecule has 1 N–H and O–H groups in total. The van der Waals surface area contributed by atoms with E-state index in [0.29, 0.717) is 13.1 Å². The molecule has 4 heterocycles. The van der Waals surface area contributed by atoms with E-state index in [4.69, 9.17) is 4.98 Å². The number of fused-ring (bicyclic) bond motifs is 1. The van der Waals surface area contributed by atoms with Gasteiger partial charge >= 0.3 is 0 Å². The van der Waals surface area contributed by atoms with Gasteiger partial charge in [-0.05, 0) is 61.7 Å². The Bertz CT molecular complexity index is 1320. The van der Waals surface area contributed by atoms with Crippen molar-refractivity contribution in [2.45, 2.75) is 30.8 Å². The topological polar surface area (TPSA) is 83.9 Å². The first kappa shape index (κ1) is 19.9. The highest BCUT2D eigenvalue weighted by Crippen LogP contribution is 2.31. The molecule has 0 aliphatic carbocycles. The van der Waals surface area contributed by atoms with Crippen molar-refractivity contribution in [1.29, 1.82) is 0 Å². The van der Waals surface area contributed by atoms with Crippen LogP contribution in [0.3, 0.4) is 0 Å². The predicted octanol–water partition coefficient (Wildman–Crippen LogP) is 3.66. The molecule has 5 rings (SSSR count). The fourth-order valence-corrected chi connectivity index (χ4v) is 6.10. The molecule has 7 nitrogen and oxygen atoms in total. The second kappa shape index (κ2) is 7.58. The Morgan fingerprint density at radius 3 is 2.71 bits per heavy atom. The quantitative estimate of drug-likeness (QED) is 0.514. The number of rotatable bonds is 5. The molecule has 1 fully saturated rings. The normalized spacial score (nSPS) is 19.9. The molecule has 160 valence electrons. The van der Waals surface area contributed by atoms with Crippen molar-refractivity contribution in [3.8, 4) is 11.3 Å². The van der Waals surface area contributed by atoms with E-state index in [9.17, 15) is 12.8 Å². The second-order valence-electron chi connectivity index (χ2n) is 8.04. The third-order valence-electron chi connectivity index (χ3n) is 5.90. The molecule has 1 saturated heterocycles. The van der Waals surface area contributed by atoms with Crippen LogP contribution in [0.5, 0.6) is 0 Å². The van der Waals surface area contributed by atoms with Crippen LogP contribution >= 0.6 is 0 Å². The van der Waals surface area contributed by atoms with Gasteiger partial charge < -0.3 is 4.57 Å². The second-order valence-corrected chi connectivity index (χ2v) is 9.93. The van der Waals surface area contributed by atoms with Crippen LogP contribution in [-0.4, -0.2) is 45.1 Å². The first-order chi connectivity index (χ1) is 14.9. The largest absolute Gasteiger partial charge is 0.346 e. The number of aromatic nitrogens is 4. The summed E-state index contributed by atoms with van der Waals surface area (Å²) in [6.07, 6.45) is 6.31. The summed E-state index contributed by atoms with van der Waals surface area (Å²) in [5.41, 5.74) is 3.69. The molecule has 1 aliphatic heterocycles. The summed E-state index contributed by atoms with van der Waals surface area (Å²) in [6.45, 7) is 3.06. The van der Waals surface area contributed by atoms with Crippen molar-refractivity contribution in [3.05, 3.63) is 66.9 Å². The molecule has 0 spiro atoms. The van der Waals surface area contributed by atoms with Gasteiger partial charge in [0.25, 0.3) is 0 Å². The maximum absolute atomic E-state index is 13.2. The zero-order valence-electron chi connectivity index (χ0n) is 16.9. The average molecular weight is 440 g/mol. The molecule has 0 saturated carbocycles. The Morgan fingerprint density at radius 2 is 1.97 bits per heavy atom. The zero-order chi connectivity index (χ0) is 21.6. The Kier molecular flexibility index (Phi) is 4.86. The van der Waals surface area contributed by atoms with Crippen LogP contribution in [0.15, 0.2) is 66.0 Å².